The number of hydrogen-bond donors (Lipinski definition) is 1. The normalized spacial score (nSPS) is 11.2. The minimum absolute atomic E-state index is 0.176. The first kappa shape index (κ1) is 12.9. The first-order valence-electron chi connectivity index (χ1n) is 5.31. The Bertz CT molecular complexity index is 330. The number of carbonyl (C=O) groups excluding carboxylic acids is 1. The van der Waals surface area contributed by atoms with E-state index in [1.165, 1.54) is 18.7 Å². The molecule has 1 N–H and O–H groups in total. The van der Waals surface area contributed by atoms with Gasteiger partial charge in [0.2, 0.25) is 0 Å². The Labute approximate surface area is 100 Å². The van der Waals surface area contributed by atoms with Crippen LogP contribution in [0.15, 0.2) is 18.7 Å². The third-order valence-electron chi connectivity index (χ3n) is 2.81. The molecule has 0 aliphatic carbocycles. The van der Waals surface area contributed by atoms with Crippen LogP contribution in [-0.4, -0.2) is 27.3 Å². The van der Waals surface area contributed by atoms with Gasteiger partial charge in [-0.05, 0) is 12.8 Å². The van der Waals surface area contributed by atoms with Crippen LogP contribution in [-0.2, 0) is 0 Å². The van der Waals surface area contributed by atoms with E-state index in [4.69, 9.17) is 11.6 Å². The molecule has 16 heavy (non-hydrogen) atoms. The number of amides is 1. The van der Waals surface area contributed by atoms with Gasteiger partial charge < -0.3 is 5.32 Å². The van der Waals surface area contributed by atoms with Crippen LogP contribution in [0.25, 0.3) is 0 Å². The van der Waals surface area contributed by atoms with E-state index in [9.17, 15) is 4.79 Å². The fourth-order valence-corrected chi connectivity index (χ4v) is 1.82. The maximum absolute atomic E-state index is 11.9. The highest BCUT2D eigenvalue weighted by Crippen LogP contribution is 2.17. The SMILES string of the molecule is CCC(CC)(CCl)NC(=O)c1cncnc1. The molecule has 0 aromatic carbocycles. The highest BCUT2D eigenvalue weighted by atomic mass is 35.5. The van der Waals surface area contributed by atoms with Crippen LogP contribution in [0.4, 0.5) is 0 Å². The minimum atomic E-state index is -0.339. The maximum Gasteiger partial charge on any atom is 0.254 e. The van der Waals surface area contributed by atoms with E-state index in [2.05, 4.69) is 15.3 Å². The second-order valence-electron chi connectivity index (χ2n) is 3.70. The number of rotatable bonds is 5. The lowest BCUT2D eigenvalue weighted by Gasteiger charge is -2.30. The van der Waals surface area contributed by atoms with Gasteiger partial charge >= 0.3 is 0 Å². The molecule has 88 valence electrons. The van der Waals surface area contributed by atoms with Gasteiger partial charge in [-0.1, -0.05) is 13.8 Å². The average molecular weight is 242 g/mol. The number of hydrogen-bond acceptors (Lipinski definition) is 3. The predicted molar refractivity (Wildman–Crippen MR) is 63.5 cm³/mol. The van der Waals surface area contributed by atoms with Crippen molar-refractivity contribution in [3.05, 3.63) is 24.3 Å². The van der Waals surface area contributed by atoms with E-state index in [1.54, 1.807) is 0 Å². The summed E-state index contributed by atoms with van der Waals surface area (Å²) in [6.45, 7) is 4.02. The second kappa shape index (κ2) is 5.80. The smallest absolute Gasteiger partial charge is 0.254 e. The lowest BCUT2D eigenvalue weighted by Crippen LogP contribution is -2.49. The molecule has 5 heteroatoms. The Morgan fingerprint density at radius 3 is 2.38 bits per heavy atom. The predicted octanol–water partition coefficient (Wildman–Crippen LogP) is 2.00. The molecule has 1 aromatic rings. The molecule has 1 amide bonds. The summed E-state index contributed by atoms with van der Waals surface area (Å²) < 4.78 is 0. The largest absolute Gasteiger partial charge is 0.345 e. The first-order chi connectivity index (χ1) is 7.67. The molecule has 0 unspecified atom stereocenters. The molecule has 1 aromatic heterocycles. The van der Waals surface area contributed by atoms with Gasteiger partial charge in [-0.2, -0.15) is 0 Å². The molecule has 0 saturated carbocycles. The van der Waals surface area contributed by atoms with Crippen molar-refractivity contribution in [3.63, 3.8) is 0 Å². The van der Waals surface area contributed by atoms with Gasteiger partial charge in [0.1, 0.15) is 6.33 Å². The quantitative estimate of drug-likeness (QED) is 0.803. The van der Waals surface area contributed by atoms with Crippen LogP contribution in [0.2, 0.25) is 0 Å². The lowest BCUT2D eigenvalue weighted by molar-refractivity contribution is 0.0901. The molecule has 1 heterocycles. The zero-order chi connectivity index (χ0) is 12.0. The number of carbonyl (C=O) groups is 1. The molecular weight excluding hydrogens is 226 g/mol. The molecule has 0 fully saturated rings. The summed E-state index contributed by atoms with van der Waals surface area (Å²) in [6, 6.07) is 0. The Morgan fingerprint density at radius 2 is 1.94 bits per heavy atom. The number of aromatic nitrogens is 2. The van der Waals surface area contributed by atoms with Gasteiger partial charge in [-0.3, -0.25) is 4.79 Å². The van der Waals surface area contributed by atoms with Crippen LogP contribution in [0.5, 0.6) is 0 Å². The fourth-order valence-electron chi connectivity index (χ4n) is 1.38. The summed E-state index contributed by atoms with van der Waals surface area (Å²) in [6.07, 6.45) is 5.98. The van der Waals surface area contributed by atoms with Crippen molar-refractivity contribution in [2.75, 3.05) is 5.88 Å². The van der Waals surface area contributed by atoms with E-state index in [0.717, 1.165) is 12.8 Å². The van der Waals surface area contributed by atoms with Crippen LogP contribution in [0, 0.1) is 0 Å². The summed E-state index contributed by atoms with van der Waals surface area (Å²) in [5.74, 6) is 0.226. The van der Waals surface area contributed by atoms with Crippen molar-refractivity contribution < 1.29 is 4.79 Å². The van der Waals surface area contributed by atoms with Gasteiger partial charge in [0.05, 0.1) is 11.1 Å². The summed E-state index contributed by atoms with van der Waals surface area (Å²) in [5, 5.41) is 2.94. The van der Waals surface area contributed by atoms with Gasteiger partial charge in [0, 0.05) is 18.3 Å². The van der Waals surface area contributed by atoms with Gasteiger partial charge in [0.25, 0.3) is 5.91 Å². The summed E-state index contributed by atoms with van der Waals surface area (Å²) in [4.78, 5) is 19.5. The van der Waals surface area contributed by atoms with Gasteiger partial charge in [0.15, 0.2) is 0 Å². The minimum Gasteiger partial charge on any atom is -0.345 e. The third-order valence-corrected chi connectivity index (χ3v) is 3.32. The van der Waals surface area contributed by atoms with E-state index in [-0.39, 0.29) is 11.4 Å². The summed E-state index contributed by atoms with van der Waals surface area (Å²) >= 11 is 5.91. The van der Waals surface area contributed by atoms with Crippen LogP contribution < -0.4 is 5.32 Å². The van der Waals surface area contributed by atoms with E-state index >= 15 is 0 Å². The van der Waals surface area contributed by atoms with E-state index in [1.807, 2.05) is 13.8 Å². The first-order valence-corrected chi connectivity index (χ1v) is 5.84. The monoisotopic (exact) mass is 241 g/mol. The Kier molecular flexibility index (Phi) is 4.68. The number of halogens is 1. The van der Waals surface area contributed by atoms with Crippen LogP contribution in [0.3, 0.4) is 0 Å². The molecule has 0 radical (unpaired) electrons. The molecular formula is C11H16ClN3O. The van der Waals surface area contributed by atoms with Crippen LogP contribution in [0.1, 0.15) is 37.0 Å². The number of nitrogens with one attached hydrogen (secondary N) is 1. The van der Waals surface area contributed by atoms with Crippen molar-refractivity contribution in [3.8, 4) is 0 Å². The van der Waals surface area contributed by atoms with E-state index < -0.39 is 0 Å². The van der Waals surface area contributed by atoms with Crippen molar-refractivity contribution >= 4 is 17.5 Å². The van der Waals surface area contributed by atoms with Gasteiger partial charge in [-0.15, -0.1) is 11.6 Å². The third kappa shape index (κ3) is 2.92. The average Bonchev–Trinajstić information content (AvgIpc) is 2.37. The molecule has 0 saturated heterocycles. The number of alkyl halides is 1. The highest BCUT2D eigenvalue weighted by Gasteiger charge is 2.27. The lowest BCUT2D eigenvalue weighted by atomic mass is 9.95. The molecule has 1 rings (SSSR count). The van der Waals surface area contributed by atoms with Crippen molar-refractivity contribution in [1.29, 1.82) is 0 Å². The summed E-state index contributed by atoms with van der Waals surface area (Å²) in [5.41, 5.74) is 0.118. The summed E-state index contributed by atoms with van der Waals surface area (Å²) in [7, 11) is 0. The Hall–Kier alpha value is -1.16. The standard InChI is InChI=1S/C11H16ClN3O/c1-3-11(4-2,7-12)15-10(16)9-5-13-8-14-6-9/h5-6,8H,3-4,7H2,1-2H3,(H,15,16). The Morgan fingerprint density at radius 1 is 1.38 bits per heavy atom. The molecule has 0 atom stereocenters. The van der Waals surface area contributed by atoms with E-state index in [0.29, 0.717) is 11.4 Å². The van der Waals surface area contributed by atoms with Gasteiger partial charge in [-0.25, -0.2) is 9.97 Å². The molecule has 0 aliphatic rings. The fraction of sp³-hybridized carbons (Fsp3) is 0.545. The van der Waals surface area contributed by atoms with Crippen molar-refractivity contribution in [1.82, 2.24) is 15.3 Å². The highest BCUT2D eigenvalue weighted by molar-refractivity contribution is 6.18. The molecule has 0 aliphatic heterocycles. The number of nitrogens with zero attached hydrogens (tertiary/aromatic N) is 2. The molecule has 4 nitrogen and oxygen atoms in total. The second-order valence-corrected chi connectivity index (χ2v) is 3.97. The van der Waals surface area contributed by atoms with Crippen molar-refractivity contribution in [2.45, 2.75) is 32.2 Å². The molecule has 0 spiro atoms. The maximum atomic E-state index is 11.9. The molecule has 0 bridgehead atoms. The van der Waals surface area contributed by atoms with Crippen molar-refractivity contribution in [2.24, 2.45) is 0 Å². The Balaban J connectivity index is 2.77. The topological polar surface area (TPSA) is 54.9 Å². The zero-order valence-electron chi connectivity index (χ0n) is 9.53. The zero-order valence-corrected chi connectivity index (χ0v) is 10.3. The van der Waals surface area contributed by atoms with Crippen LogP contribution >= 0.6 is 11.6 Å².